The first kappa shape index (κ1) is 15.7. The molecule has 3 rings (SSSR count). The summed E-state index contributed by atoms with van der Waals surface area (Å²) >= 11 is 0. The van der Waals surface area contributed by atoms with Crippen LogP contribution in [0.5, 0.6) is 0 Å². The average Bonchev–Trinajstić information content (AvgIpc) is 2.53. The molecule has 1 aliphatic heterocycles. The molecule has 2 heterocycles. The van der Waals surface area contributed by atoms with Gasteiger partial charge in [-0.05, 0) is 39.8 Å². The van der Waals surface area contributed by atoms with Crippen LogP contribution in [-0.4, -0.2) is 47.4 Å². The highest BCUT2D eigenvalue weighted by atomic mass is 16.5. The second-order valence-corrected chi connectivity index (χ2v) is 6.89. The van der Waals surface area contributed by atoms with Crippen molar-refractivity contribution < 1.29 is 9.84 Å². The molecular formula is C17H26N2O3. The lowest BCUT2D eigenvalue weighted by Gasteiger charge is -2.56. The molecule has 22 heavy (non-hydrogen) atoms. The molecule has 5 nitrogen and oxygen atoms in total. The van der Waals surface area contributed by atoms with Gasteiger partial charge in [-0.2, -0.15) is 0 Å². The van der Waals surface area contributed by atoms with Gasteiger partial charge in [-0.3, -0.25) is 9.69 Å². The predicted molar refractivity (Wildman–Crippen MR) is 84.9 cm³/mol. The number of aliphatic hydroxyl groups excluding tert-OH is 1. The van der Waals surface area contributed by atoms with Gasteiger partial charge in [-0.1, -0.05) is 0 Å². The minimum absolute atomic E-state index is 0.0407. The summed E-state index contributed by atoms with van der Waals surface area (Å²) in [6.07, 6.45) is 4.46. The van der Waals surface area contributed by atoms with Crippen LogP contribution in [0.4, 0.5) is 0 Å². The van der Waals surface area contributed by atoms with Gasteiger partial charge < -0.3 is 14.8 Å². The van der Waals surface area contributed by atoms with E-state index in [9.17, 15) is 9.90 Å². The van der Waals surface area contributed by atoms with Crippen molar-refractivity contribution in [2.24, 2.45) is 5.41 Å². The van der Waals surface area contributed by atoms with Crippen LogP contribution < -0.4 is 5.43 Å². The second-order valence-electron chi connectivity index (χ2n) is 6.89. The Morgan fingerprint density at radius 3 is 2.68 bits per heavy atom. The number of aromatic amines is 1. The van der Waals surface area contributed by atoms with Crippen LogP contribution >= 0.6 is 0 Å². The Balaban J connectivity index is 1.66. The summed E-state index contributed by atoms with van der Waals surface area (Å²) in [5.41, 5.74) is 2.68. The third kappa shape index (κ3) is 2.41. The third-order valence-electron chi connectivity index (χ3n) is 5.81. The number of ether oxygens (including phenoxy) is 1. The van der Waals surface area contributed by atoms with Crippen molar-refractivity contribution >= 4 is 0 Å². The van der Waals surface area contributed by atoms with Gasteiger partial charge >= 0.3 is 0 Å². The molecule has 5 heteroatoms. The molecule has 2 fully saturated rings. The highest BCUT2D eigenvalue weighted by Crippen LogP contribution is 2.50. The van der Waals surface area contributed by atoms with Crippen LogP contribution in [0.3, 0.4) is 0 Å². The minimum Gasteiger partial charge on any atom is -0.392 e. The molecule has 122 valence electrons. The summed E-state index contributed by atoms with van der Waals surface area (Å²) in [6, 6.07) is 0. The first-order chi connectivity index (χ1) is 10.5. The summed E-state index contributed by atoms with van der Waals surface area (Å²) in [4.78, 5) is 17.6. The van der Waals surface area contributed by atoms with Gasteiger partial charge in [-0.15, -0.1) is 0 Å². The van der Waals surface area contributed by atoms with E-state index in [4.69, 9.17) is 4.74 Å². The fourth-order valence-electron chi connectivity index (χ4n) is 4.03. The highest BCUT2D eigenvalue weighted by molar-refractivity contribution is 5.23. The van der Waals surface area contributed by atoms with Gasteiger partial charge in [0.1, 0.15) is 0 Å². The van der Waals surface area contributed by atoms with E-state index in [0.717, 1.165) is 55.7 Å². The van der Waals surface area contributed by atoms with E-state index in [1.807, 2.05) is 13.8 Å². The molecule has 0 amide bonds. The Morgan fingerprint density at radius 1 is 1.41 bits per heavy atom. The van der Waals surface area contributed by atoms with Gasteiger partial charge in [0, 0.05) is 48.5 Å². The van der Waals surface area contributed by atoms with Crippen LogP contribution in [0.15, 0.2) is 11.0 Å². The van der Waals surface area contributed by atoms with Crippen molar-refractivity contribution in [3.05, 3.63) is 33.2 Å². The van der Waals surface area contributed by atoms with Crippen LogP contribution in [0.25, 0.3) is 0 Å². The number of nitrogens with zero attached hydrogens (tertiary/aromatic N) is 1. The number of nitrogens with one attached hydrogen (secondary N) is 1. The van der Waals surface area contributed by atoms with Gasteiger partial charge in [0.15, 0.2) is 5.43 Å². The van der Waals surface area contributed by atoms with Crippen LogP contribution in [0.1, 0.15) is 36.1 Å². The molecular weight excluding hydrogens is 280 g/mol. The van der Waals surface area contributed by atoms with Crippen molar-refractivity contribution in [2.75, 3.05) is 20.2 Å². The maximum Gasteiger partial charge on any atom is 0.187 e. The van der Waals surface area contributed by atoms with Gasteiger partial charge in [0.05, 0.1) is 12.2 Å². The van der Waals surface area contributed by atoms with E-state index < -0.39 is 0 Å². The SMILES string of the molecule is CO[C@@H]1C[C@H](O)C12CCN(Cc1[nH]cc(C)c(=O)c1C)CC2. The number of hydrogen-bond acceptors (Lipinski definition) is 4. The van der Waals surface area contributed by atoms with Crippen molar-refractivity contribution in [3.8, 4) is 0 Å². The number of hydrogen-bond donors (Lipinski definition) is 2. The van der Waals surface area contributed by atoms with E-state index in [2.05, 4.69) is 9.88 Å². The molecule has 2 N–H and O–H groups in total. The van der Waals surface area contributed by atoms with Gasteiger partial charge in [0.2, 0.25) is 0 Å². The van der Waals surface area contributed by atoms with E-state index in [-0.39, 0.29) is 23.1 Å². The fourth-order valence-corrected chi connectivity index (χ4v) is 4.03. The minimum atomic E-state index is -0.222. The maximum absolute atomic E-state index is 12.0. The van der Waals surface area contributed by atoms with E-state index in [0.29, 0.717) is 0 Å². The van der Waals surface area contributed by atoms with Crippen LogP contribution in [0, 0.1) is 19.3 Å². The lowest BCUT2D eigenvalue weighted by Crippen LogP contribution is -2.62. The Hall–Kier alpha value is -1.17. The molecule has 0 radical (unpaired) electrons. The molecule has 1 aromatic heterocycles. The zero-order valence-corrected chi connectivity index (χ0v) is 13.7. The van der Waals surface area contributed by atoms with Crippen molar-refractivity contribution in [1.82, 2.24) is 9.88 Å². The molecule has 1 aliphatic carbocycles. The zero-order valence-electron chi connectivity index (χ0n) is 13.7. The van der Waals surface area contributed by atoms with E-state index in [1.165, 1.54) is 0 Å². The topological polar surface area (TPSA) is 65.6 Å². The highest BCUT2D eigenvalue weighted by Gasteiger charge is 2.55. The molecule has 1 saturated carbocycles. The first-order valence-corrected chi connectivity index (χ1v) is 8.09. The molecule has 0 bridgehead atoms. The molecule has 0 aromatic carbocycles. The van der Waals surface area contributed by atoms with E-state index in [1.54, 1.807) is 13.3 Å². The molecule has 0 unspecified atom stereocenters. The van der Waals surface area contributed by atoms with Crippen molar-refractivity contribution in [2.45, 2.75) is 51.9 Å². The Kier molecular flexibility index (Phi) is 4.14. The monoisotopic (exact) mass is 306 g/mol. The summed E-state index contributed by atoms with van der Waals surface area (Å²) < 4.78 is 5.53. The Labute approximate surface area is 131 Å². The second kappa shape index (κ2) is 5.80. The number of likely N-dealkylation sites (tertiary alicyclic amines) is 1. The van der Waals surface area contributed by atoms with Gasteiger partial charge in [-0.25, -0.2) is 0 Å². The maximum atomic E-state index is 12.0. The average molecular weight is 306 g/mol. The first-order valence-electron chi connectivity index (χ1n) is 8.09. The summed E-state index contributed by atoms with van der Waals surface area (Å²) in [5.74, 6) is 0. The number of pyridine rings is 1. The molecule has 2 aliphatic rings. The smallest absolute Gasteiger partial charge is 0.187 e. The molecule has 1 saturated heterocycles. The third-order valence-corrected chi connectivity index (χ3v) is 5.81. The summed E-state index contributed by atoms with van der Waals surface area (Å²) in [5, 5.41) is 10.2. The molecule has 1 spiro atoms. The number of H-pyrrole nitrogens is 1. The predicted octanol–water partition coefficient (Wildman–Crippen LogP) is 1.35. The standard InChI is InChI=1S/C17H26N2O3/c1-11-9-18-13(12(2)16(11)21)10-19-6-4-17(5-7-19)14(20)8-15(17)22-3/h9,14-15,20H,4-8,10H2,1-3H3,(H,18,21)/t14-,15+/m0/s1. The lowest BCUT2D eigenvalue weighted by molar-refractivity contribution is -0.201. The number of aliphatic hydroxyl groups is 1. The van der Waals surface area contributed by atoms with Crippen molar-refractivity contribution in [1.29, 1.82) is 0 Å². The summed E-state index contributed by atoms with van der Waals surface area (Å²) in [7, 11) is 1.74. The van der Waals surface area contributed by atoms with E-state index >= 15 is 0 Å². The Bertz CT molecular complexity index is 602. The number of aryl methyl sites for hydroxylation is 1. The summed E-state index contributed by atoms with van der Waals surface area (Å²) in [6.45, 7) is 6.37. The number of aromatic nitrogens is 1. The number of methoxy groups -OCH3 is 1. The van der Waals surface area contributed by atoms with Crippen LogP contribution in [0.2, 0.25) is 0 Å². The molecule has 1 aromatic rings. The molecule has 2 atom stereocenters. The number of rotatable bonds is 3. The fraction of sp³-hybridized carbons (Fsp3) is 0.706. The normalized spacial score (nSPS) is 27.8. The quantitative estimate of drug-likeness (QED) is 0.885. The zero-order chi connectivity index (χ0) is 15.9. The lowest BCUT2D eigenvalue weighted by atomic mass is 9.58. The largest absolute Gasteiger partial charge is 0.392 e. The van der Waals surface area contributed by atoms with Crippen molar-refractivity contribution in [3.63, 3.8) is 0 Å². The van der Waals surface area contributed by atoms with Crippen LogP contribution in [-0.2, 0) is 11.3 Å². The number of piperidine rings is 1. The Morgan fingerprint density at radius 2 is 2.09 bits per heavy atom. The van der Waals surface area contributed by atoms with Gasteiger partial charge in [0.25, 0.3) is 0 Å².